The number of hydrogen-bond donors (Lipinski definition) is 0. The second-order valence-corrected chi connectivity index (χ2v) is 6.75. The molecule has 26 heavy (non-hydrogen) atoms. The van der Waals surface area contributed by atoms with Gasteiger partial charge >= 0.3 is 0 Å². The third kappa shape index (κ3) is 4.59. The molecule has 2 amide bonds. The Morgan fingerprint density at radius 1 is 1.27 bits per heavy atom. The molecule has 0 aromatic carbocycles. The predicted molar refractivity (Wildman–Crippen MR) is 105 cm³/mol. The van der Waals surface area contributed by atoms with Gasteiger partial charge in [0.1, 0.15) is 5.65 Å². The molecule has 1 saturated heterocycles. The SMILES string of the molecule is CCCC=C1SC(=O)N(CCCCOc2cccc3nccn23)C1=O.Cl. The van der Waals surface area contributed by atoms with E-state index in [1.165, 1.54) is 4.90 Å². The van der Waals surface area contributed by atoms with E-state index in [0.717, 1.165) is 49.0 Å². The van der Waals surface area contributed by atoms with Gasteiger partial charge in [0.2, 0.25) is 0 Å². The zero-order chi connectivity index (χ0) is 17.6. The third-order valence-corrected chi connectivity index (χ3v) is 4.87. The topological polar surface area (TPSA) is 63.9 Å². The number of aromatic nitrogens is 2. The summed E-state index contributed by atoms with van der Waals surface area (Å²) in [7, 11) is 0. The summed E-state index contributed by atoms with van der Waals surface area (Å²) in [6.45, 7) is 3.01. The first kappa shape index (κ1) is 20.3. The van der Waals surface area contributed by atoms with E-state index in [1.807, 2.05) is 41.8 Å². The molecule has 0 unspecified atom stereocenters. The fourth-order valence-corrected chi connectivity index (χ4v) is 3.46. The first-order chi connectivity index (χ1) is 12.2. The summed E-state index contributed by atoms with van der Waals surface area (Å²) in [4.78, 5) is 30.3. The summed E-state index contributed by atoms with van der Waals surface area (Å²) in [6, 6.07) is 5.71. The largest absolute Gasteiger partial charge is 0.479 e. The number of carbonyl (C=O) groups is 2. The second kappa shape index (κ2) is 9.64. The van der Waals surface area contributed by atoms with Gasteiger partial charge in [-0.1, -0.05) is 25.5 Å². The number of hydrogen-bond acceptors (Lipinski definition) is 5. The lowest BCUT2D eigenvalue weighted by Crippen LogP contribution is -2.29. The van der Waals surface area contributed by atoms with Gasteiger partial charge in [0, 0.05) is 18.9 Å². The number of allylic oxidation sites excluding steroid dienone is 1. The number of amides is 2. The van der Waals surface area contributed by atoms with Gasteiger partial charge in [0.25, 0.3) is 11.1 Å². The first-order valence-electron chi connectivity index (χ1n) is 8.49. The molecule has 0 bridgehead atoms. The predicted octanol–water partition coefficient (Wildman–Crippen LogP) is 4.29. The van der Waals surface area contributed by atoms with Crippen LogP contribution in [0.4, 0.5) is 4.79 Å². The van der Waals surface area contributed by atoms with Crippen molar-refractivity contribution in [2.45, 2.75) is 32.6 Å². The fraction of sp³-hybridized carbons (Fsp3) is 0.389. The minimum Gasteiger partial charge on any atom is -0.479 e. The number of rotatable bonds is 8. The van der Waals surface area contributed by atoms with Crippen LogP contribution < -0.4 is 4.74 Å². The molecule has 2 aromatic rings. The van der Waals surface area contributed by atoms with Crippen molar-refractivity contribution >= 4 is 41.0 Å². The van der Waals surface area contributed by atoms with Gasteiger partial charge in [-0.05, 0) is 43.2 Å². The summed E-state index contributed by atoms with van der Waals surface area (Å²) in [5.41, 5.74) is 0.842. The second-order valence-electron chi connectivity index (χ2n) is 5.76. The van der Waals surface area contributed by atoms with Crippen LogP contribution in [0.3, 0.4) is 0 Å². The molecule has 0 spiro atoms. The van der Waals surface area contributed by atoms with Crippen molar-refractivity contribution in [3.63, 3.8) is 0 Å². The van der Waals surface area contributed by atoms with Crippen molar-refractivity contribution in [2.75, 3.05) is 13.2 Å². The van der Waals surface area contributed by atoms with Crippen molar-refractivity contribution in [1.82, 2.24) is 14.3 Å². The van der Waals surface area contributed by atoms with Gasteiger partial charge in [0.05, 0.1) is 11.5 Å². The Bertz CT molecular complexity index is 806. The number of pyridine rings is 1. The van der Waals surface area contributed by atoms with Crippen molar-refractivity contribution in [3.05, 3.63) is 41.6 Å². The number of imidazole rings is 1. The average molecular weight is 396 g/mol. The summed E-state index contributed by atoms with van der Waals surface area (Å²) >= 11 is 1.04. The van der Waals surface area contributed by atoms with Crippen LogP contribution in [-0.4, -0.2) is 38.6 Å². The lowest BCUT2D eigenvalue weighted by molar-refractivity contribution is -0.122. The van der Waals surface area contributed by atoms with Gasteiger partial charge in [-0.15, -0.1) is 12.4 Å². The quantitative estimate of drug-likeness (QED) is 0.492. The molecule has 0 N–H and O–H groups in total. The van der Waals surface area contributed by atoms with Gasteiger partial charge in [-0.3, -0.25) is 18.9 Å². The van der Waals surface area contributed by atoms with Crippen LogP contribution in [-0.2, 0) is 4.79 Å². The number of imide groups is 1. The number of ether oxygens (including phenoxy) is 1. The number of halogens is 1. The molecule has 0 saturated carbocycles. The van der Waals surface area contributed by atoms with Gasteiger partial charge in [0.15, 0.2) is 5.88 Å². The Balaban J connectivity index is 0.00000243. The summed E-state index contributed by atoms with van der Waals surface area (Å²) < 4.78 is 7.67. The van der Waals surface area contributed by atoms with Gasteiger partial charge in [-0.25, -0.2) is 4.98 Å². The highest BCUT2D eigenvalue weighted by atomic mass is 35.5. The number of carbonyl (C=O) groups excluding carboxylic acids is 2. The lowest BCUT2D eigenvalue weighted by Gasteiger charge is -2.12. The van der Waals surface area contributed by atoms with E-state index in [9.17, 15) is 9.59 Å². The van der Waals surface area contributed by atoms with E-state index in [0.29, 0.717) is 18.1 Å². The van der Waals surface area contributed by atoms with E-state index in [4.69, 9.17) is 4.74 Å². The molecular weight excluding hydrogens is 374 g/mol. The van der Waals surface area contributed by atoms with Crippen molar-refractivity contribution in [3.8, 4) is 5.88 Å². The molecular formula is C18H22ClN3O3S. The molecule has 1 fully saturated rings. The zero-order valence-electron chi connectivity index (χ0n) is 14.6. The smallest absolute Gasteiger partial charge is 0.293 e. The van der Waals surface area contributed by atoms with Crippen LogP contribution in [0.15, 0.2) is 41.6 Å². The molecule has 8 heteroatoms. The molecule has 0 aliphatic carbocycles. The van der Waals surface area contributed by atoms with E-state index in [1.54, 1.807) is 6.20 Å². The Labute approximate surface area is 163 Å². The molecule has 1 aliphatic rings. The fourth-order valence-electron chi connectivity index (χ4n) is 2.59. The maximum absolute atomic E-state index is 12.2. The third-order valence-electron chi connectivity index (χ3n) is 3.91. The van der Waals surface area contributed by atoms with Crippen molar-refractivity contribution < 1.29 is 14.3 Å². The van der Waals surface area contributed by atoms with Crippen LogP contribution in [0, 0.1) is 0 Å². The summed E-state index contributed by atoms with van der Waals surface area (Å²) in [5.74, 6) is 0.580. The Hall–Kier alpha value is -1.99. The number of nitrogens with zero attached hydrogens (tertiary/aromatic N) is 3. The summed E-state index contributed by atoms with van der Waals surface area (Å²) in [5, 5.41) is -0.170. The molecule has 1 aliphatic heterocycles. The normalized spacial score (nSPS) is 15.7. The molecule has 3 rings (SSSR count). The van der Waals surface area contributed by atoms with Crippen molar-refractivity contribution in [2.24, 2.45) is 0 Å². The highest BCUT2D eigenvalue weighted by Gasteiger charge is 2.34. The lowest BCUT2D eigenvalue weighted by atomic mass is 10.3. The van der Waals surface area contributed by atoms with Gasteiger partial charge < -0.3 is 4.74 Å². The molecule has 140 valence electrons. The van der Waals surface area contributed by atoms with Crippen LogP contribution in [0.1, 0.15) is 32.6 Å². The maximum atomic E-state index is 12.2. The molecule has 0 radical (unpaired) electrons. The van der Waals surface area contributed by atoms with E-state index in [2.05, 4.69) is 4.98 Å². The highest BCUT2D eigenvalue weighted by molar-refractivity contribution is 8.18. The summed E-state index contributed by atoms with van der Waals surface area (Å²) in [6.07, 6.45) is 8.72. The maximum Gasteiger partial charge on any atom is 0.293 e. The van der Waals surface area contributed by atoms with Crippen molar-refractivity contribution in [1.29, 1.82) is 0 Å². The Kier molecular flexibility index (Phi) is 7.53. The minimum atomic E-state index is -0.170. The van der Waals surface area contributed by atoms with E-state index in [-0.39, 0.29) is 23.6 Å². The van der Waals surface area contributed by atoms with Crippen LogP contribution in [0.2, 0.25) is 0 Å². The molecule has 2 aromatic heterocycles. The highest BCUT2D eigenvalue weighted by Crippen LogP contribution is 2.31. The van der Waals surface area contributed by atoms with E-state index >= 15 is 0 Å². The number of unbranched alkanes of at least 4 members (excludes halogenated alkanes) is 2. The van der Waals surface area contributed by atoms with Crippen LogP contribution in [0.25, 0.3) is 5.65 Å². The zero-order valence-corrected chi connectivity index (χ0v) is 16.2. The first-order valence-corrected chi connectivity index (χ1v) is 9.31. The standard InChI is InChI=1S/C18H21N3O3S.ClH/c1-2-3-7-14-17(22)21(18(23)25-14)11-4-5-13-24-16-9-6-8-15-19-10-12-20(15)16;/h6-10,12H,2-5,11,13H2,1H3;1H. The van der Waals surface area contributed by atoms with E-state index < -0.39 is 0 Å². The number of thioether (sulfide) groups is 1. The Morgan fingerprint density at radius 3 is 2.92 bits per heavy atom. The number of fused-ring (bicyclic) bond motifs is 1. The molecule has 0 atom stereocenters. The van der Waals surface area contributed by atoms with Crippen LogP contribution in [0.5, 0.6) is 5.88 Å². The monoisotopic (exact) mass is 395 g/mol. The average Bonchev–Trinajstić information content (AvgIpc) is 3.19. The minimum absolute atomic E-state index is 0. The van der Waals surface area contributed by atoms with Crippen LogP contribution >= 0.6 is 24.2 Å². The van der Waals surface area contributed by atoms with Gasteiger partial charge in [-0.2, -0.15) is 0 Å². The molecule has 6 nitrogen and oxygen atoms in total. The Morgan fingerprint density at radius 2 is 2.12 bits per heavy atom. The molecule has 3 heterocycles.